The summed E-state index contributed by atoms with van der Waals surface area (Å²) in [5.74, 6) is 1.03. The van der Waals surface area contributed by atoms with Gasteiger partial charge in [0.25, 0.3) is 0 Å². The molecule has 0 heterocycles. The van der Waals surface area contributed by atoms with Crippen LogP contribution in [0.4, 0.5) is 0 Å². The Labute approximate surface area is 83.6 Å². The maximum atomic E-state index is 3.81. The lowest BCUT2D eigenvalue weighted by molar-refractivity contribution is 0.553. The van der Waals surface area contributed by atoms with E-state index in [4.69, 9.17) is 0 Å². The Hall–Kier alpha value is 0.220. The number of alkyl halides is 1. The molecule has 0 aromatic rings. The van der Waals surface area contributed by atoms with Gasteiger partial charge in [0, 0.05) is 4.83 Å². The van der Waals surface area contributed by atoms with Crippen molar-refractivity contribution in [3.63, 3.8) is 0 Å². The van der Waals surface area contributed by atoms with Crippen LogP contribution >= 0.6 is 15.9 Å². The molecule has 2 atom stereocenters. The van der Waals surface area contributed by atoms with Crippen LogP contribution in [0.25, 0.3) is 0 Å². The summed E-state index contributed by atoms with van der Waals surface area (Å²) < 4.78 is 0. The van der Waals surface area contributed by atoms with Crippen LogP contribution in [-0.2, 0) is 0 Å². The van der Waals surface area contributed by atoms with Gasteiger partial charge in [-0.3, -0.25) is 0 Å². The van der Waals surface area contributed by atoms with E-state index >= 15 is 0 Å². The zero-order valence-electron chi connectivity index (χ0n) is 7.78. The van der Waals surface area contributed by atoms with E-state index in [-0.39, 0.29) is 0 Å². The third kappa shape index (κ3) is 1.48. The third-order valence-electron chi connectivity index (χ3n) is 3.27. The van der Waals surface area contributed by atoms with Crippen molar-refractivity contribution in [3.05, 3.63) is 11.1 Å². The molecule has 1 saturated carbocycles. The fraction of sp³-hybridized carbons (Fsp3) is 0.818. The molecule has 0 N–H and O–H groups in total. The van der Waals surface area contributed by atoms with Crippen LogP contribution in [0.5, 0.6) is 0 Å². The van der Waals surface area contributed by atoms with Crippen molar-refractivity contribution in [3.8, 4) is 0 Å². The van der Waals surface area contributed by atoms with Gasteiger partial charge in [0.1, 0.15) is 0 Å². The minimum absolute atomic E-state index is 0.711. The third-order valence-corrected chi connectivity index (χ3v) is 4.28. The maximum absolute atomic E-state index is 3.81. The van der Waals surface area contributed by atoms with Crippen molar-refractivity contribution < 1.29 is 0 Å². The van der Waals surface area contributed by atoms with Gasteiger partial charge >= 0.3 is 0 Å². The highest BCUT2D eigenvalue weighted by Crippen LogP contribution is 2.47. The molecule has 0 aliphatic heterocycles. The summed E-state index contributed by atoms with van der Waals surface area (Å²) in [5, 5.41) is 0. The first-order valence-corrected chi connectivity index (χ1v) is 6.07. The molecule has 2 aliphatic rings. The second kappa shape index (κ2) is 3.53. The largest absolute Gasteiger partial charge is 0.0842 e. The highest BCUT2D eigenvalue weighted by atomic mass is 79.9. The minimum atomic E-state index is 0.711. The Balaban J connectivity index is 2.04. The number of hydrogen-bond acceptors (Lipinski definition) is 0. The van der Waals surface area contributed by atoms with Gasteiger partial charge in [0.2, 0.25) is 0 Å². The maximum Gasteiger partial charge on any atom is 0.0357 e. The van der Waals surface area contributed by atoms with Gasteiger partial charge in [0.05, 0.1) is 0 Å². The van der Waals surface area contributed by atoms with Crippen LogP contribution in [0.1, 0.15) is 45.4 Å². The molecule has 12 heavy (non-hydrogen) atoms. The minimum Gasteiger partial charge on any atom is -0.0842 e. The van der Waals surface area contributed by atoms with Crippen molar-refractivity contribution in [2.24, 2.45) is 5.92 Å². The highest BCUT2D eigenvalue weighted by molar-refractivity contribution is 9.09. The van der Waals surface area contributed by atoms with Gasteiger partial charge in [-0.15, -0.1) is 0 Å². The Morgan fingerprint density at radius 3 is 2.83 bits per heavy atom. The molecule has 0 spiro atoms. The summed E-state index contributed by atoms with van der Waals surface area (Å²) in [4.78, 5) is 0.711. The number of hydrogen-bond donors (Lipinski definition) is 0. The molecule has 0 aromatic heterocycles. The highest BCUT2D eigenvalue weighted by Gasteiger charge is 2.32. The molecule has 1 fully saturated rings. The molecule has 0 nitrogen and oxygen atoms in total. The smallest absolute Gasteiger partial charge is 0.0357 e. The van der Waals surface area contributed by atoms with E-state index in [1.807, 2.05) is 0 Å². The molecule has 2 unspecified atom stereocenters. The van der Waals surface area contributed by atoms with Gasteiger partial charge in [0.15, 0.2) is 0 Å². The summed E-state index contributed by atoms with van der Waals surface area (Å²) in [7, 11) is 0. The first-order chi connectivity index (χ1) is 5.81. The van der Waals surface area contributed by atoms with Gasteiger partial charge in [-0.25, -0.2) is 0 Å². The van der Waals surface area contributed by atoms with E-state index in [9.17, 15) is 0 Å². The van der Waals surface area contributed by atoms with Gasteiger partial charge < -0.3 is 0 Å². The molecule has 1 heteroatoms. The molecule has 0 saturated heterocycles. The Morgan fingerprint density at radius 1 is 1.50 bits per heavy atom. The lowest BCUT2D eigenvalue weighted by Gasteiger charge is -2.16. The lowest BCUT2D eigenvalue weighted by atomic mass is 9.95. The number of allylic oxidation sites excluding steroid dienone is 2. The van der Waals surface area contributed by atoms with Crippen LogP contribution in [0.15, 0.2) is 11.1 Å². The standard InChI is InChI=1S/C11H17Br/c1-2-3-11(12)10-7-8-4-5-9(10)6-8/h8,11H,2-7H2,1H3. The molecule has 2 rings (SSSR count). The van der Waals surface area contributed by atoms with E-state index in [1.165, 1.54) is 38.5 Å². The average Bonchev–Trinajstić information content (AvgIpc) is 2.64. The normalized spacial score (nSPS) is 30.0. The quantitative estimate of drug-likeness (QED) is 0.506. The number of fused-ring (bicyclic) bond motifs is 2. The van der Waals surface area contributed by atoms with Gasteiger partial charge in [-0.2, -0.15) is 0 Å². The first kappa shape index (κ1) is 8.80. The Kier molecular flexibility index (Phi) is 2.59. The van der Waals surface area contributed by atoms with E-state index in [1.54, 1.807) is 11.1 Å². The van der Waals surface area contributed by atoms with Crippen molar-refractivity contribution in [1.82, 2.24) is 0 Å². The summed E-state index contributed by atoms with van der Waals surface area (Å²) in [5.41, 5.74) is 3.57. The molecular weight excluding hydrogens is 212 g/mol. The van der Waals surface area contributed by atoms with Crippen molar-refractivity contribution in [1.29, 1.82) is 0 Å². The molecule has 0 radical (unpaired) electrons. The molecular formula is C11H17Br. The van der Waals surface area contributed by atoms with Crippen LogP contribution in [0.3, 0.4) is 0 Å². The molecule has 0 amide bonds. The molecule has 2 bridgehead atoms. The van der Waals surface area contributed by atoms with Crippen LogP contribution in [-0.4, -0.2) is 4.83 Å². The van der Waals surface area contributed by atoms with Gasteiger partial charge in [-0.1, -0.05) is 40.4 Å². The monoisotopic (exact) mass is 228 g/mol. The first-order valence-electron chi connectivity index (χ1n) is 5.16. The molecule has 2 aliphatic carbocycles. The van der Waals surface area contributed by atoms with E-state index in [0.717, 1.165) is 5.92 Å². The lowest BCUT2D eigenvalue weighted by Crippen LogP contribution is -2.05. The van der Waals surface area contributed by atoms with Crippen LogP contribution in [0.2, 0.25) is 0 Å². The average molecular weight is 229 g/mol. The summed E-state index contributed by atoms with van der Waals surface area (Å²) >= 11 is 3.81. The SMILES string of the molecule is CCCC(Br)C1=C2CCC(C2)C1. The van der Waals surface area contributed by atoms with E-state index in [0.29, 0.717) is 4.83 Å². The number of halogens is 1. The predicted molar refractivity (Wildman–Crippen MR) is 56.6 cm³/mol. The van der Waals surface area contributed by atoms with Crippen LogP contribution < -0.4 is 0 Å². The number of rotatable bonds is 3. The summed E-state index contributed by atoms with van der Waals surface area (Å²) in [6.45, 7) is 2.27. The predicted octanol–water partition coefficient (Wildman–Crippen LogP) is 4.05. The topological polar surface area (TPSA) is 0 Å². The van der Waals surface area contributed by atoms with E-state index in [2.05, 4.69) is 22.9 Å². The van der Waals surface area contributed by atoms with Gasteiger partial charge in [-0.05, 0) is 38.0 Å². The summed E-state index contributed by atoms with van der Waals surface area (Å²) in [6, 6.07) is 0. The zero-order valence-corrected chi connectivity index (χ0v) is 9.36. The fourth-order valence-electron chi connectivity index (χ4n) is 2.63. The zero-order chi connectivity index (χ0) is 8.55. The Bertz CT molecular complexity index is 205. The second-order valence-corrected chi connectivity index (χ2v) is 5.30. The Morgan fingerprint density at radius 2 is 2.33 bits per heavy atom. The second-order valence-electron chi connectivity index (χ2n) is 4.20. The van der Waals surface area contributed by atoms with Crippen molar-refractivity contribution in [2.45, 2.75) is 50.3 Å². The van der Waals surface area contributed by atoms with E-state index < -0.39 is 0 Å². The summed E-state index contributed by atoms with van der Waals surface area (Å²) in [6.07, 6.45) is 8.35. The molecule has 68 valence electrons. The van der Waals surface area contributed by atoms with Crippen molar-refractivity contribution in [2.75, 3.05) is 0 Å². The fourth-order valence-corrected chi connectivity index (χ4v) is 3.60. The van der Waals surface area contributed by atoms with Crippen LogP contribution in [0, 0.1) is 5.92 Å². The van der Waals surface area contributed by atoms with Crippen molar-refractivity contribution >= 4 is 15.9 Å². The molecule has 0 aromatic carbocycles.